The predicted molar refractivity (Wildman–Crippen MR) is 118 cm³/mol. The van der Waals surface area contributed by atoms with Crippen LogP contribution < -0.4 is 9.91 Å². The molecule has 8 heteroatoms. The highest BCUT2D eigenvalue weighted by molar-refractivity contribution is 6.53. The van der Waals surface area contributed by atoms with Crippen molar-refractivity contribution in [3.63, 3.8) is 0 Å². The fourth-order valence-electron chi connectivity index (χ4n) is 4.69. The Bertz CT molecular complexity index is 1170. The van der Waals surface area contributed by atoms with Gasteiger partial charge in [-0.25, -0.2) is 4.79 Å². The highest BCUT2D eigenvalue weighted by Gasteiger charge is 2.36. The van der Waals surface area contributed by atoms with Gasteiger partial charge in [0.05, 0.1) is 11.3 Å². The summed E-state index contributed by atoms with van der Waals surface area (Å²) < 4.78 is 0. The maximum atomic E-state index is 13.1. The number of carbonyl (C=O) groups is 2. The number of aryl methyl sites for hydroxylation is 1. The van der Waals surface area contributed by atoms with Crippen LogP contribution in [0.25, 0.3) is 6.08 Å². The molecule has 0 bridgehead atoms. The predicted octanol–water partition coefficient (Wildman–Crippen LogP) is 3.65. The molecule has 5 rings (SSSR count). The van der Waals surface area contributed by atoms with Gasteiger partial charge in [0.15, 0.2) is 5.71 Å². The molecule has 2 aromatic rings. The number of hydrogen-bond acceptors (Lipinski definition) is 6. The molecule has 3 heterocycles. The van der Waals surface area contributed by atoms with Crippen molar-refractivity contribution in [3.05, 3.63) is 63.6 Å². The van der Waals surface area contributed by atoms with Crippen LogP contribution in [0.2, 0.25) is 0 Å². The van der Waals surface area contributed by atoms with Crippen LogP contribution in [0.4, 0.5) is 17.1 Å². The van der Waals surface area contributed by atoms with Gasteiger partial charge in [0.2, 0.25) is 0 Å². The lowest BCUT2D eigenvalue weighted by Crippen LogP contribution is -2.34. The summed E-state index contributed by atoms with van der Waals surface area (Å²) in [5.74, 6) is -1.85. The summed E-state index contributed by atoms with van der Waals surface area (Å²) >= 11 is 0. The lowest BCUT2D eigenvalue weighted by molar-refractivity contribution is -0.129. The minimum atomic E-state index is -1.30. The van der Waals surface area contributed by atoms with Crippen molar-refractivity contribution in [1.82, 2.24) is 0 Å². The van der Waals surface area contributed by atoms with Gasteiger partial charge >= 0.3 is 5.97 Å². The first-order valence-electron chi connectivity index (χ1n) is 10.3. The van der Waals surface area contributed by atoms with E-state index in [0.29, 0.717) is 11.3 Å². The Kier molecular flexibility index (Phi) is 4.62. The Morgan fingerprint density at radius 1 is 1.13 bits per heavy atom. The summed E-state index contributed by atoms with van der Waals surface area (Å²) in [6, 6.07) is 10.5. The first-order valence-corrected chi connectivity index (χ1v) is 10.3. The average molecular weight is 416 g/mol. The lowest BCUT2D eigenvalue weighted by atomic mass is 9.88. The number of amides is 1. The second kappa shape index (κ2) is 7.46. The van der Waals surface area contributed by atoms with Crippen LogP contribution in [0.1, 0.15) is 29.5 Å². The van der Waals surface area contributed by atoms with Crippen molar-refractivity contribution < 1.29 is 14.7 Å². The van der Waals surface area contributed by atoms with Gasteiger partial charge in [-0.15, -0.1) is 4.91 Å². The summed E-state index contributed by atoms with van der Waals surface area (Å²) in [7, 11) is 0. The maximum Gasteiger partial charge on any atom is 0.357 e. The van der Waals surface area contributed by atoms with Gasteiger partial charge in [-0.05, 0) is 60.7 Å². The van der Waals surface area contributed by atoms with Gasteiger partial charge in [0.25, 0.3) is 5.91 Å². The second-order valence-corrected chi connectivity index (χ2v) is 7.85. The fourth-order valence-corrected chi connectivity index (χ4v) is 4.69. The molecule has 0 radical (unpaired) electrons. The Labute approximate surface area is 178 Å². The molecule has 8 nitrogen and oxygen atoms in total. The zero-order valence-electron chi connectivity index (χ0n) is 16.7. The molecule has 0 aliphatic carbocycles. The number of carboxylic acids is 1. The number of nitroso groups, excluding NO2 is 1. The van der Waals surface area contributed by atoms with E-state index in [0.717, 1.165) is 60.6 Å². The Balaban J connectivity index is 1.65. The Morgan fingerprint density at radius 3 is 2.58 bits per heavy atom. The van der Waals surface area contributed by atoms with Gasteiger partial charge in [0.1, 0.15) is 5.69 Å². The number of nitrogens with zero attached hydrogens (tertiary/aromatic N) is 4. The number of hydrogen-bond donors (Lipinski definition) is 1. The summed E-state index contributed by atoms with van der Waals surface area (Å²) in [4.78, 5) is 39.1. The van der Waals surface area contributed by atoms with Crippen molar-refractivity contribution in [2.45, 2.75) is 25.7 Å². The zero-order chi connectivity index (χ0) is 21.5. The van der Waals surface area contributed by atoms with E-state index in [1.807, 2.05) is 6.07 Å². The van der Waals surface area contributed by atoms with E-state index >= 15 is 0 Å². The zero-order valence-corrected chi connectivity index (χ0v) is 16.7. The van der Waals surface area contributed by atoms with Crippen molar-refractivity contribution in [2.24, 2.45) is 10.3 Å². The summed E-state index contributed by atoms with van der Waals surface area (Å²) in [6.45, 7) is 1.91. The van der Waals surface area contributed by atoms with Crippen molar-refractivity contribution in [2.75, 3.05) is 23.0 Å². The number of anilines is 2. The molecule has 31 heavy (non-hydrogen) atoms. The van der Waals surface area contributed by atoms with Crippen molar-refractivity contribution in [1.29, 1.82) is 0 Å². The van der Waals surface area contributed by atoms with Crippen LogP contribution in [-0.2, 0) is 22.4 Å². The van der Waals surface area contributed by atoms with E-state index in [-0.39, 0.29) is 17.0 Å². The van der Waals surface area contributed by atoms with Gasteiger partial charge in [0, 0.05) is 29.9 Å². The molecule has 156 valence electrons. The standard InChI is InChI=1S/C23H20N4O4/c28-22-18(20(23(29)30)24-27(22)16-7-2-1-3-8-16)13-15-12-14-6-4-10-26-11-5-9-17(21(14)26)19(15)25-31/h1-3,7-8,12-13H,4-6,9-11H2,(H,29,30)/b18-13-. The van der Waals surface area contributed by atoms with Crippen molar-refractivity contribution in [3.8, 4) is 0 Å². The molecule has 1 amide bonds. The van der Waals surface area contributed by atoms with Crippen LogP contribution in [0, 0.1) is 4.91 Å². The number of carboxylic acid groups (broad SMARTS) is 1. The number of rotatable bonds is 4. The van der Waals surface area contributed by atoms with Gasteiger partial charge in [-0.2, -0.15) is 10.1 Å². The number of carbonyl (C=O) groups excluding carboxylic acids is 1. The van der Waals surface area contributed by atoms with Gasteiger partial charge in [-0.1, -0.05) is 18.2 Å². The third-order valence-electron chi connectivity index (χ3n) is 6.00. The molecule has 0 spiro atoms. The van der Waals surface area contributed by atoms with E-state index in [4.69, 9.17) is 0 Å². The van der Waals surface area contributed by atoms with E-state index in [9.17, 15) is 19.6 Å². The van der Waals surface area contributed by atoms with Gasteiger partial charge < -0.3 is 10.0 Å². The maximum absolute atomic E-state index is 13.1. The van der Waals surface area contributed by atoms with E-state index in [1.54, 1.807) is 30.3 Å². The van der Waals surface area contributed by atoms with Crippen molar-refractivity contribution >= 4 is 40.7 Å². The summed E-state index contributed by atoms with van der Waals surface area (Å²) in [5.41, 5.74) is 3.91. The number of benzene rings is 2. The number of para-hydroxylation sites is 1. The molecule has 1 N–H and O–H groups in total. The minimum Gasteiger partial charge on any atom is -0.476 e. The van der Waals surface area contributed by atoms with Crippen LogP contribution in [0.5, 0.6) is 0 Å². The molecule has 3 aliphatic heterocycles. The molecule has 0 unspecified atom stereocenters. The molecule has 0 aromatic heterocycles. The third-order valence-corrected chi connectivity index (χ3v) is 6.00. The molecule has 2 aromatic carbocycles. The fraction of sp³-hybridized carbons (Fsp3) is 0.261. The van der Waals surface area contributed by atoms with Crippen LogP contribution in [0.3, 0.4) is 0 Å². The second-order valence-electron chi connectivity index (χ2n) is 7.85. The Morgan fingerprint density at radius 2 is 1.87 bits per heavy atom. The molecule has 3 aliphatic rings. The monoisotopic (exact) mass is 416 g/mol. The third kappa shape index (κ3) is 3.11. The molecule has 0 fully saturated rings. The molecular weight excluding hydrogens is 396 g/mol. The first kappa shape index (κ1) is 19.2. The molecule has 0 saturated heterocycles. The molecular formula is C23H20N4O4. The van der Waals surface area contributed by atoms with Crippen LogP contribution in [0.15, 0.2) is 52.2 Å². The first-order chi connectivity index (χ1) is 15.1. The number of hydrazone groups is 1. The minimum absolute atomic E-state index is 0.0584. The van der Waals surface area contributed by atoms with Crippen LogP contribution in [-0.4, -0.2) is 35.8 Å². The summed E-state index contributed by atoms with van der Waals surface area (Å²) in [5, 5.41) is 18.1. The summed E-state index contributed by atoms with van der Waals surface area (Å²) in [6.07, 6.45) is 5.01. The molecule has 0 atom stereocenters. The highest BCUT2D eigenvalue weighted by Crippen LogP contribution is 2.43. The van der Waals surface area contributed by atoms with E-state index in [2.05, 4.69) is 15.2 Å². The quantitative estimate of drug-likeness (QED) is 0.605. The average Bonchev–Trinajstić information content (AvgIpc) is 3.11. The topological polar surface area (TPSA) is 103 Å². The SMILES string of the molecule is O=Nc1c(/C=C2\C(=O)N(c3ccccc3)N=C2C(=O)O)cc2c3c1CCCN3CCC2. The smallest absolute Gasteiger partial charge is 0.357 e. The number of aliphatic carboxylic acids is 1. The van der Waals surface area contributed by atoms with E-state index < -0.39 is 11.9 Å². The highest BCUT2D eigenvalue weighted by atomic mass is 16.4. The molecule has 0 saturated carbocycles. The largest absolute Gasteiger partial charge is 0.476 e. The van der Waals surface area contributed by atoms with E-state index in [1.165, 1.54) is 6.08 Å². The Hall–Kier alpha value is -3.81. The lowest BCUT2D eigenvalue weighted by Gasteiger charge is -2.37. The normalized spacial score (nSPS) is 18.8. The van der Waals surface area contributed by atoms with Gasteiger partial charge in [-0.3, -0.25) is 4.79 Å². The van der Waals surface area contributed by atoms with Crippen LogP contribution >= 0.6 is 0 Å².